The Balaban J connectivity index is 1.52. The first-order valence-electron chi connectivity index (χ1n) is 8.33. The number of carbonyl (C=O) groups excluding carboxylic acids is 1. The van der Waals surface area contributed by atoms with Gasteiger partial charge in [-0.15, -0.1) is 0 Å². The van der Waals surface area contributed by atoms with Gasteiger partial charge in [0.2, 0.25) is 0 Å². The Morgan fingerprint density at radius 3 is 2.62 bits per heavy atom. The molecule has 1 amide bonds. The van der Waals surface area contributed by atoms with E-state index in [1.165, 1.54) is 5.56 Å². The fourth-order valence-electron chi connectivity index (χ4n) is 3.31. The molecule has 0 N–H and O–H groups in total. The Hall–Kier alpha value is -2.81. The van der Waals surface area contributed by atoms with E-state index >= 15 is 0 Å². The predicted molar refractivity (Wildman–Crippen MR) is 96.9 cm³/mol. The van der Waals surface area contributed by atoms with E-state index in [4.69, 9.17) is 4.74 Å². The van der Waals surface area contributed by atoms with Crippen LogP contribution in [0.15, 0.2) is 60.7 Å². The number of aryl methyl sites for hydroxylation is 1. The number of carbonyl (C=O) groups is 1. The van der Waals surface area contributed by atoms with E-state index in [9.17, 15) is 4.79 Å². The number of amides is 1. The molecule has 3 aromatic rings. The van der Waals surface area contributed by atoms with Crippen LogP contribution in [0.4, 0.5) is 5.69 Å². The highest BCUT2D eigenvalue weighted by molar-refractivity contribution is 6.24. The second-order valence-electron chi connectivity index (χ2n) is 5.99. The van der Waals surface area contributed by atoms with Crippen LogP contribution in [0.3, 0.4) is 0 Å². The molecule has 0 atom stereocenters. The molecule has 0 spiro atoms. The van der Waals surface area contributed by atoms with E-state index in [0.717, 1.165) is 34.2 Å². The number of hydrogen-bond acceptors (Lipinski definition) is 2. The molecular formula is C21H19NO2. The Morgan fingerprint density at radius 2 is 1.79 bits per heavy atom. The zero-order valence-electron chi connectivity index (χ0n) is 13.7. The van der Waals surface area contributed by atoms with Gasteiger partial charge >= 0.3 is 0 Å². The molecule has 3 aromatic carbocycles. The number of nitrogens with zero attached hydrogens (tertiary/aromatic N) is 1. The van der Waals surface area contributed by atoms with E-state index in [0.29, 0.717) is 13.2 Å². The van der Waals surface area contributed by atoms with Crippen molar-refractivity contribution >= 4 is 22.4 Å². The highest BCUT2D eigenvalue weighted by atomic mass is 16.5. The number of rotatable bonds is 5. The smallest absolute Gasteiger partial charge is 0.259 e. The molecule has 3 nitrogen and oxygen atoms in total. The normalized spacial score (nSPS) is 12.9. The predicted octanol–water partition coefficient (Wildman–Crippen LogP) is 4.44. The molecular weight excluding hydrogens is 298 g/mol. The fourth-order valence-corrected chi connectivity index (χ4v) is 3.31. The zero-order chi connectivity index (χ0) is 16.5. The summed E-state index contributed by atoms with van der Waals surface area (Å²) in [5.41, 5.74) is 3.03. The maximum atomic E-state index is 12.7. The van der Waals surface area contributed by atoms with Crippen LogP contribution in [0.25, 0.3) is 10.8 Å². The lowest BCUT2D eigenvalue weighted by Crippen LogP contribution is -2.31. The average molecular weight is 317 g/mol. The Bertz CT molecular complexity index is 911. The molecule has 1 heterocycles. The van der Waals surface area contributed by atoms with Gasteiger partial charge in [0.05, 0.1) is 12.2 Å². The molecule has 3 heteroatoms. The number of hydrogen-bond donors (Lipinski definition) is 0. The molecule has 0 fully saturated rings. The van der Waals surface area contributed by atoms with E-state index in [-0.39, 0.29) is 5.91 Å². The first-order chi connectivity index (χ1) is 11.8. The van der Waals surface area contributed by atoms with Crippen LogP contribution in [-0.2, 0) is 6.42 Å². The molecule has 0 radical (unpaired) electrons. The molecule has 1 aliphatic rings. The van der Waals surface area contributed by atoms with Crippen LogP contribution in [0.5, 0.6) is 5.75 Å². The standard InChI is InChI=1S/C21H19NO2/c1-2-15-6-3-9-17(14-15)24-13-12-22-19-11-5-8-16-7-4-10-18(20(16)19)21(22)23/h3-11,14H,2,12-13H2,1H3. The van der Waals surface area contributed by atoms with E-state index in [1.807, 2.05) is 53.4 Å². The molecule has 0 aromatic heterocycles. The quantitative estimate of drug-likeness (QED) is 0.696. The van der Waals surface area contributed by atoms with Gasteiger partial charge in [-0.05, 0) is 41.6 Å². The zero-order valence-corrected chi connectivity index (χ0v) is 13.7. The van der Waals surface area contributed by atoms with Gasteiger partial charge in [-0.2, -0.15) is 0 Å². The van der Waals surface area contributed by atoms with Crippen molar-refractivity contribution < 1.29 is 9.53 Å². The topological polar surface area (TPSA) is 29.5 Å². The maximum Gasteiger partial charge on any atom is 0.259 e. The molecule has 24 heavy (non-hydrogen) atoms. The lowest BCUT2D eigenvalue weighted by Gasteiger charge is -2.18. The lowest BCUT2D eigenvalue weighted by atomic mass is 10.1. The van der Waals surface area contributed by atoms with E-state index in [1.54, 1.807) is 0 Å². The summed E-state index contributed by atoms with van der Waals surface area (Å²) in [7, 11) is 0. The van der Waals surface area contributed by atoms with Crippen LogP contribution in [0.2, 0.25) is 0 Å². The summed E-state index contributed by atoms with van der Waals surface area (Å²) < 4.78 is 5.86. The molecule has 0 bridgehead atoms. The number of benzene rings is 3. The number of ether oxygens (including phenoxy) is 1. The first kappa shape index (κ1) is 14.8. The van der Waals surface area contributed by atoms with Crippen molar-refractivity contribution in [2.75, 3.05) is 18.1 Å². The minimum atomic E-state index is 0.0627. The lowest BCUT2D eigenvalue weighted by molar-refractivity contribution is 0.0989. The van der Waals surface area contributed by atoms with E-state index in [2.05, 4.69) is 19.1 Å². The largest absolute Gasteiger partial charge is 0.492 e. The summed E-state index contributed by atoms with van der Waals surface area (Å²) >= 11 is 0. The third-order valence-corrected chi connectivity index (χ3v) is 4.54. The second kappa shape index (κ2) is 6.00. The van der Waals surface area contributed by atoms with Gasteiger partial charge in [0, 0.05) is 10.9 Å². The summed E-state index contributed by atoms with van der Waals surface area (Å²) in [6.45, 7) is 3.14. The average Bonchev–Trinajstić information content (AvgIpc) is 2.90. The highest BCUT2D eigenvalue weighted by Crippen LogP contribution is 2.36. The van der Waals surface area contributed by atoms with Crippen molar-refractivity contribution in [2.24, 2.45) is 0 Å². The van der Waals surface area contributed by atoms with Crippen molar-refractivity contribution in [3.8, 4) is 5.75 Å². The molecule has 4 rings (SSSR count). The van der Waals surface area contributed by atoms with Crippen LogP contribution >= 0.6 is 0 Å². The highest BCUT2D eigenvalue weighted by Gasteiger charge is 2.29. The van der Waals surface area contributed by atoms with Gasteiger partial charge in [0.15, 0.2) is 0 Å². The van der Waals surface area contributed by atoms with Crippen molar-refractivity contribution in [3.63, 3.8) is 0 Å². The third kappa shape index (κ3) is 2.42. The summed E-state index contributed by atoms with van der Waals surface area (Å²) in [5.74, 6) is 0.921. The van der Waals surface area contributed by atoms with E-state index < -0.39 is 0 Å². The van der Waals surface area contributed by atoms with Crippen LogP contribution < -0.4 is 9.64 Å². The van der Waals surface area contributed by atoms with Crippen LogP contribution in [0.1, 0.15) is 22.8 Å². The maximum absolute atomic E-state index is 12.7. The van der Waals surface area contributed by atoms with Crippen LogP contribution in [-0.4, -0.2) is 19.1 Å². The summed E-state index contributed by atoms with van der Waals surface area (Å²) in [5, 5.41) is 2.16. The first-order valence-corrected chi connectivity index (χ1v) is 8.33. The van der Waals surface area contributed by atoms with Gasteiger partial charge in [0.1, 0.15) is 12.4 Å². The Morgan fingerprint density at radius 1 is 1.00 bits per heavy atom. The molecule has 0 saturated heterocycles. The summed E-state index contributed by atoms with van der Waals surface area (Å²) in [6.07, 6.45) is 0.985. The van der Waals surface area contributed by atoms with Gasteiger partial charge in [-0.1, -0.05) is 43.3 Å². The van der Waals surface area contributed by atoms with Crippen molar-refractivity contribution in [1.29, 1.82) is 0 Å². The molecule has 1 aliphatic heterocycles. The third-order valence-electron chi connectivity index (χ3n) is 4.54. The fraction of sp³-hybridized carbons (Fsp3) is 0.190. The molecule has 0 aliphatic carbocycles. The molecule has 120 valence electrons. The molecule has 0 saturated carbocycles. The minimum absolute atomic E-state index is 0.0627. The summed E-state index contributed by atoms with van der Waals surface area (Å²) in [6, 6.07) is 20.1. The van der Waals surface area contributed by atoms with Crippen molar-refractivity contribution in [3.05, 3.63) is 71.8 Å². The molecule has 0 unspecified atom stereocenters. The monoisotopic (exact) mass is 317 g/mol. The Labute approximate surface area is 141 Å². The van der Waals surface area contributed by atoms with Crippen molar-refractivity contribution in [2.45, 2.75) is 13.3 Å². The summed E-state index contributed by atoms with van der Waals surface area (Å²) in [4.78, 5) is 14.5. The van der Waals surface area contributed by atoms with Crippen molar-refractivity contribution in [1.82, 2.24) is 0 Å². The Kier molecular flexibility index (Phi) is 3.69. The van der Waals surface area contributed by atoms with Gasteiger partial charge < -0.3 is 9.64 Å². The van der Waals surface area contributed by atoms with Crippen LogP contribution in [0, 0.1) is 0 Å². The van der Waals surface area contributed by atoms with Gasteiger partial charge in [0.25, 0.3) is 5.91 Å². The second-order valence-corrected chi connectivity index (χ2v) is 5.99. The van der Waals surface area contributed by atoms with Gasteiger partial charge in [-0.25, -0.2) is 0 Å². The minimum Gasteiger partial charge on any atom is -0.492 e. The van der Waals surface area contributed by atoms with Gasteiger partial charge in [-0.3, -0.25) is 4.79 Å². The SMILES string of the molecule is CCc1cccc(OCCN2C(=O)c3cccc4cccc2c34)c1. The number of anilines is 1.